The number of benzene rings is 2. The molecule has 2 aliphatic heterocycles. The monoisotopic (exact) mass is 493 g/mol. The number of thioether (sulfide) groups is 1. The number of piperidine rings is 1. The Balaban J connectivity index is 1.52. The predicted molar refractivity (Wildman–Crippen MR) is 143 cm³/mol. The van der Waals surface area contributed by atoms with Crippen molar-refractivity contribution in [3.8, 4) is 0 Å². The van der Waals surface area contributed by atoms with Crippen molar-refractivity contribution >= 4 is 68.6 Å². The third-order valence-corrected chi connectivity index (χ3v) is 7.83. The average molecular weight is 494 g/mol. The van der Waals surface area contributed by atoms with Crippen LogP contribution in [0.5, 0.6) is 0 Å². The maximum Gasteiger partial charge on any atom is 0.266 e. The molecule has 0 spiro atoms. The zero-order chi connectivity index (χ0) is 22.9. The predicted octanol–water partition coefficient (Wildman–Crippen LogP) is 6.59. The summed E-state index contributed by atoms with van der Waals surface area (Å²) in [6.45, 7) is 4.42. The highest BCUT2D eigenvalue weighted by Crippen LogP contribution is 2.37. The van der Waals surface area contributed by atoms with E-state index in [9.17, 15) is 4.79 Å². The quantitative estimate of drug-likeness (QED) is 0.302. The van der Waals surface area contributed by atoms with Crippen LogP contribution in [0.4, 0.5) is 5.82 Å². The van der Waals surface area contributed by atoms with E-state index in [0.717, 1.165) is 53.8 Å². The smallest absolute Gasteiger partial charge is 0.266 e. The van der Waals surface area contributed by atoms with Crippen molar-refractivity contribution in [2.45, 2.75) is 32.7 Å². The molecule has 0 saturated carbocycles. The normalized spacial score (nSPS) is 18.1. The minimum Gasteiger partial charge on any atom is -0.356 e. The van der Waals surface area contributed by atoms with Gasteiger partial charge in [0.15, 0.2) is 0 Å². The number of thiocarbonyl (C=S) groups is 1. The molecule has 2 aliphatic rings. The first-order valence-corrected chi connectivity index (χ1v) is 12.7. The van der Waals surface area contributed by atoms with Gasteiger partial charge in [-0.15, -0.1) is 0 Å². The van der Waals surface area contributed by atoms with Crippen LogP contribution in [0.3, 0.4) is 0 Å². The van der Waals surface area contributed by atoms with Crippen molar-refractivity contribution in [3.63, 3.8) is 0 Å². The number of carbonyl (C=O) groups excluding carboxylic acids is 1. The van der Waals surface area contributed by atoms with E-state index < -0.39 is 0 Å². The highest BCUT2D eigenvalue weighted by molar-refractivity contribution is 8.26. The van der Waals surface area contributed by atoms with Gasteiger partial charge >= 0.3 is 0 Å². The van der Waals surface area contributed by atoms with E-state index in [1.165, 1.54) is 23.7 Å². The van der Waals surface area contributed by atoms with Gasteiger partial charge in [-0.1, -0.05) is 65.4 Å². The average Bonchev–Trinajstić information content (AvgIpc) is 3.08. The van der Waals surface area contributed by atoms with Crippen LogP contribution >= 0.6 is 35.6 Å². The molecule has 1 aromatic heterocycles. The Morgan fingerprint density at radius 2 is 1.91 bits per heavy atom. The summed E-state index contributed by atoms with van der Waals surface area (Å²) in [6.07, 6.45) is 5.53. The van der Waals surface area contributed by atoms with Crippen molar-refractivity contribution in [2.75, 3.05) is 18.0 Å². The number of aromatic nitrogens is 1. The summed E-state index contributed by atoms with van der Waals surface area (Å²) in [4.78, 5) is 22.9. The van der Waals surface area contributed by atoms with Crippen LogP contribution in [0.25, 0.3) is 17.0 Å². The SMILES string of the molecule is Cc1ccc2nc(N3CCCCC3)c(/C=C3\SC(=S)N(Cc4ccccc4Cl)C3=O)cc2c1. The van der Waals surface area contributed by atoms with Gasteiger partial charge in [0.1, 0.15) is 10.1 Å². The second-order valence-corrected chi connectivity index (χ2v) is 10.6. The summed E-state index contributed by atoms with van der Waals surface area (Å²) in [6, 6.07) is 16.0. The summed E-state index contributed by atoms with van der Waals surface area (Å²) in [5.41, 5.74) is 4.01. The fourth-order valence-corrected chi connectivity index (χ4v) is 5.78. The first-order chi connectivity index (χ1) is 16.0. The summed E-state index contributed by atoms with van der Waals surface area (Å²) < 4.78 is 0.551. The van der Waals surface area contributed by atoms with E-state index in [2.05, 4.69) is 36.1 Å². The van der Waals surface area contributed by atoms with Crippen molar-refractivity contribution in [1.82, 2.24) is 9.88 Å². The van der Waals surface area contributed by atoms with Crippen LogP contribution in [0.1, 0.15) is 36.0 Å². The van der Waals surface area contributed by atoms with Crippen molar-refractivity contribution < 1.29 is 4.79 Å². The minimum atomic E-state index is -0.0844. The maximum atomic E-state index is 13.3. The lowest BCUT2D eigenvalue weighted by molar-refractivity contribution is -0.122. The molecule has 2 saturated heterocycles. The first-order valence-electron chi connectivity index (χ1n) is 11.1. The summed E-state index contributed by atoms with van der Waals surface area (Å²) in [5.74, 6) is 0.862. The topological polar surface area (TPSA) is 36.4 Å². The van der Waals surface area contributed by atoms with Crippen molar-refractivity contribution in [1.29, 1.82) is 0 Å². The number of aryl methyl sites for hydroxylation is 1. The van der Waals surface area contributed by atoms with Crippen molar-refractivity contribution in [2.24, 2.45) is 0 Å². The number of nitrogens with zero attached hydrogens (tertiary/aromatic N) is 3. The molecule has 2 aromatic carbocycles. The Labute approximate surface area is 208 Å². The second-order valence-electron chi connectivity index (χ2n) is 8.50. The van der Waals surface area contributed by atoms with Crippen LogP contribution in [0, 0.1) is 6.92 Å². The van der Waals surface area contributed by atoms with Gasteiger partial charge in [0.2, 0.25) is 0 Å². The highest BCUT2D eigenvalue weighted by atomic mass is 35.5. The maximum absolute atomic E-state index is 13.3. The number of halogens is 1. The van der Waals surface area contributed by atoms with E-state index in [4.69, 9.17) is 28.8 Å². The minimum absolute atomic E-state index is 0.0844. The van der Waals surface area contributed by atoms with Gasteiger partial charge in [-0.05, 0) is 62.1 Å². The Morgan fingerprint density at radius 3 is 2.70 bits per heavy atom. The Bertz CT molecular complexity index is 1280. The lowest BCUT2D eigenvalue weighted by atomic mass is 10.1. The molecule has 0 N–H and O–H groups in total. The lowest BCUT2D eigenvalue weighted by Crippen LogP contribution is -2.30. The molecule has 3 heterocycles. The van der Waals surface area contributed by atoms with E-state index >= 15 is 0 Å². The zero-order valence-electron chi connectivity index (χ0n) is 18.4. The van der Waals surface area contributed by atoms with E-state index in [1.807, 2.05) is 30.3 Å². The van der Waals surface area contributed by atoms with Crippen LogP contribution in [0.15, 0.2) is 53.4 Å². The Hall–Kier alpha value is -2.41. The first kappa shape index (κ1) is 22.4. The van der Waals surface area contributed by atoms with Crippen LogP contribution in [-0.2, 0) is 11.3 Å². The number of hydrogen-bond acceptors (Lipinski definition) is 5. The molecule has 7 heteroatoms. The Morgan fingerprint density at radius 1 is 1.12 bits per heavy atom. The molecule has 5 rings (SSSR count). The van der Waals surface area contributed by atoms with Gasteiger partial charge in [0.05, 0.1) is 17.0 Å². The van der Waals surface area contributed by atoms with Crippen LogP contribution in [-0.4, -0.2) is 33.2 Å². The molecule has 33 heavy (non-hydrogen) atoms. The molecule has 2 fully saturated rings. The summed E-state index contributed by atoms with van der Waals surface area (Å²) in [7, 11) is 0. The molecular weight excluding hydrogens is 470 g/mol. The fraction of sp³-hybridized carbons (Fsp3) is 0.269. The number of amides is 1. The molecule has 3 aromatic rings. The molecule has 0 radical (unpaired) electrons. The number of hydrogen-bond donors (Lipinski definition) is 0. The van der Waals surface area contributed by atoms with Crippen LogP contribution in [0.2, 0.25) is 5.02 Å². The standard InChI is InChI=1S/C26H24ClN3OS2/c1-17-9-10-22-19(13-17)14-20(24(28-22)29-11-5-2-6-12-29)15-23-25(31)30(26(32)33-23)16-18-7-3-4-8-21(18)27/h3-4,7-10,13-15H,2,5-6,11-12,16H2,1H3/b23-15-. The summed E-state index contributed by atoms with van der Waals surface area (Å²) in [5, 5.41) is 1.71. The van der Waals surface area contributed by atoms with Gasteiger partial charge in [0.25, 0.3) is 5.91 Å². The van der Waals surface area contributed by atoms with E-state index in [-0.39, 0.29) is 5.91 Å². The molecule has 1 amide bonds. The number of carbonyl (C=O) groups is 1. The number of pyridine rings is 1. The third kappa shape index (κ3) is 4.65. The van der Waals surface area contributed by atoms with Crippen LogP contribution < -0.4 is 4.90 Å². The molecule has 0 bridgehead atoms. The molecule has 4 nitrogen and oxygen atoms in total. The molecule has 0 atom stereocenters. The lowest BCUT2D eigenvalue weighted by Gasteiger charge is -2.29. The molecule has 0 aliphatic carbocycles. The summed E-state index contributed by atoms with van der Waals surface area (Å²) >= 11 is 13.2. The highest BCUT2D eigenvalue weighted by Gasteiger charge is 2.33. The van der Waals surface area contributed by atoms with Gasteiger partial charge < -0.3 is 4.90 Å². The molecule has 0 unspecified atom stereocenters. The number of rotatable bonds is 4. The van der Waals surface area contributed by atoms with Gasteiger partial charge in [-0.25, -0.2) is 4.98 Å². The molecule has 168 valence electrons. The fourth-order valence-electron chi connectivity index (χ4n) is 4.34. The third-order valence-electron chi connectivity index (χ3n) is 6.08. The molecular formula is C26H24ClN3OS2. The number of fused-ring (bicyclic) bond motifs is 1. The zero-order valence-corrected chi connectivity index (χ0v) is 20.8. The largest absolute Gasteiger partial charge is 0.356 e. The Kier molecular flexibility index (Phi) is 6.41. The van der Waals surface area contributed by atoms with Gasteiger partial charge in [0, 0.05) is 29.1 Å². The van der Waals surface area contributed by atoms with Gasteiger partial charge in [-0.3, -0.25) is 9.69 Å². The van der Waals surface area contributed by atoms with E-state index in [1.54, 1.807) is 4.90 Å². The van der Waals surface area contributed by atoms with Crippen molar-refractivity contribution in [3.05, 3.63) is 75.1 Å². The van der Waals surface area contributed by atoms with E-state index in [0.29, 0.717) is 20.8 Å². The van der Waals surface area contributed by atoms with Gasteiger partial charge in [-0.2, -0.15) is 0 Å². The number of anilines is 1. The second kappa shape index (κ2) is 9.45.